The fourth-order valence-corrected chi connectivity index (χ4v) is 3.37. The summed E-state index contributed by atoms with van der Waals surface area (Å²) in [6, 6.07) is 16.4. The van der Waals surface area contributed by atoms with Crippen molar-refractivity contribution in [2.45, 2.75) is 19.9 Å². The van der Waals surface area contributed by atoms with Gasteiger partial charge in [-0.05, 0) is 41.5 Å². The zero-order valence-corrected chi connectivity index (χ0v) is 14.8. The SMILES string of the molecule is Cc1cn(CCC(=O)O)c2c(Oc3ccc4ccccc4c3)cc(F)cc12. The second-order valence-corrected chi connectivity index (χ2v) is 6.56. The van der Waals surface area contributed by atoms with Gasteiger partial charge in [0.1, 0.15) is 11.6 Å². The Labute approximate surface area is 155 Å². The Balaban J connectivity index is 1.80. The summed E-state index contributed by atoms with van der Waals surface area (Å²) in [7, 11) is 0. The third-order valence-electron chi connectivity index (χ3n) is 4.62. The molecule has 0 atom stereocenters. The summed E-state index contributed by atoms with van der Waals surface area (Å²) in [5.74, 6) is -0.297. The highest BCUT2D eigenvalue weighted by Crippen LogP contribution is 2.35. The number of hydrogen-bond acceptors (Lipinski definition) is 2. The summed E-state index contributed by atoms with van der Waals surface area (Å²) in [5, 5.41) is 11.8. The quantitative estimate of drug-likeness (QED) is 0.509. The van der Waals surface area contributed by atoms with E-state index in [-0.39, 0.29) is 6.42 Å². The van der Waals surface area contributed by atoms with E-state index in [1.807, 2.05) is 60.2 Å². The highest BCUT2D eigenvalue weighted by atomic mass is 19.1. The van der Waals surface area contributed by atoms with Crippen molar-refractivity contribution >= 4 is 27.6 Å². The maximum atomic E-state index is 14.2. The number of aliphatic carboxylic acids is 1. The number of rotatable bonds is 5. The lowest BCUT2D eigenvalue weighted by Gasteiger charge is -2.12. The van der Waals surface area contributed by atoms with Crippen LogP contribution in [0.1, 0.15) is 12.0 Å². The van der Waals surface area contributed by atoms with Gasteiger partial charge in [0.25, 0.3) is 0 Å². The van der Waals surface area contributed by atoms with E-state index in [1.165, 1.54) is 12.1 Å². The zero-order chi connectivity index (χ0) is 19.0. The summed E-state index contributed by atoms with van der Waals surface area (Å²) in [6.45, 7) is 2.16. The molecule has 0 radical (unpaired) electrons. The van der Waals surface area contributed by atoms with Crippen molar-refractivity contribution in [2.24, 2.45) is 0 Å². The van der Waals surface area contributed by atoms with Crippen molar-refractivity contribution in [1.82, 2.24) is 4.57 Å². The lowest BCUT2D eigenvalue weighted by Crippen LogP contribution is -2.04. The number of nitrogens with zero attached hydrogens (tertiary/aromatic N) is 1. The van der Waals surface area contributed by atoms with Gasteiger partial charge in [-0.25, -0.2) is 4.39 Å². The van der Waals surface area contributed by atoms with Crippen LogP contribution in [-0.2, 0) is 11.3 Å². The largest absolute Gasteiger partial charge is 0.481 e. The van der Waals surface area contributed by atoms with E-state index in [0.717, 1.165) is 21.7 Å². The van der Waals surface area contributed by atoms with E-state index in [1.54, 1.807) is 0 Å². The predicted octanol–water partition coefficient (Wildman–Crippen LogP) is 5.51. The zero-order valence-electron chi connectivity index (χ0n) is 14.8. The first kappa shape index (κ1) is 17.1. The van der Waals surface area contributed by atoms with Gasteiger partial charge >= 0.3 is 5.97 Å². The first-order valence-electron chi connectivity index (χ1n) is 8.69. The molecule has 0 amide bonds. The fourth-order valence-electron chi connectivity index (χ4n) is 3.37. The lowest BCUT2D eigenvalue weighted by molar-refractivity contribution is -0.137. The van der Waals surface area contributed by atoms with Gasteiger partial charge in [0.2, 0.25) is 0 Å². The number of carboxylic acids is 1. The van der Waals surface area contributed by atoms with Gasteiger partial charge in [0, 0.05) is 24.2 Å². The molecule has 0 spiro atoms. The molecule has 0 bridgehead atoms. The Bertz CT molecular complexity index is 1160. The number of aryl methyl sites for hydroxylation is 2. The van der Waals surface area contributed by atoms with Crippen LogP contribution in [0, 0.1) is 12.7 Å². The molecule has 5 heteroatoms. The van der Waals surface area contributed by atoms with Gasteiger partial charge in [0.15, 0.2) is 5.75 Å². The standard InChI is InChI=1S/C22H18FNO3/c1-14-13-24(9-8-21(25)26)22-19(14)11-17(23)12-20(22)27-18-7-6-15-4-2-3-5-16(15)10-18/h2-7,10-13H,8-9H2,1H3,(H,25,26). The number of hydrogen-bond donors (Lipinski definition) is 1. The molecule has 0 fully saturated rings. The van der Waals surface area contributed by atoms with Crippen molar-refractivity contribution in [3.63, 3.8) is 0 Å². The van der Waals surface area contributed by atoms with Crippen LogP contribution in [0.15, 0.2) is 60.8 Å². The first-order valence-corrected chi connectivity index (χ1v) is 8.69. The van der Waals surface area contributed by atoms with E-state index in [4.69, 9.17) is 9.84 Å². The smallest absolute Gasteiger partial charge is 0.305 e. The molecule has 136 valence electrons. The number of ether oxygens (including phenoxy) is 1. The highest BCUT2D eigenvalue weighted by molar-refractivity contribution is 5.90. The van der Waals surface area contributed by atoms with E-state index in [9.17, 15) is 9.18 Å². The Morgan fingerprint density at radius 3 is 2.67 bits per heavy atom. The second kappa shape index (κ2) is 6.76. The van der Waals surface area contributed by atoms with Crippen molar-refractivity contribution < 1.29 is 19.0 Å². The third-order valence-corrected chi connectivity index (χ3v) is 4.62. The fraction of sp³-hybridized carbons (Fsp3) is 0.136. The summed E-state index contributed by atoms with van der Waals surface area (Å²) in [4.78, 5) is 11.0. The van der Waals surface area contributed by atoms with Gasteiger partial charge in [0.05, 0.1) is 11.9 Å². The summed E-state index contributed by atoms with van der Waals surface area (Å²) in [6.07, 6.45) is 1.82. The molecule has 0 unspecified atom stereocenters. The Kier molecular flexibility index (Phi) is 4.28. The highest BCUT2D eigenvalue weighted by Gasteiger charge is 2.15. The number of carboxylic acid groups (broad SMARTS) is 1. The molecule has 1 heterocycles. The van der Waals surface area contributed by atoms with E-state index < -0.39 is 11.8 Å². The van der Waals surface area contributed by atoms with Crippen molar-refractivity contribution in [3.8, 4) is 11.5 Å². The molecular formula is C22H18FNO3. The molecule has 4 nitrogen and oxygen atoms in total. The molecule has 1 aromatic heterocycles. The first-order chi connectivity index (χ1) is 13.0. The Hall–Kier alpha value is -3.34. The van der Waals surface area contributed by atoms with Crippen molar-refractivity contribution in [3.05, 3.63) is 72.2 Å². The normalized spacial score (nSPS) is 11.2. The van der Waals surface area contributed by atoms with Gasteiger partial charge in [-0.15, -0.1) is 0 Å². The van der Waals surface area contributed by atoms with Crippen LogP contribution in [0.25, 0.3) is 21.7 Å². The average molecular weight is 363 g/mol. The topological polar surface area (TPSA) is 51.5 Å². The second-order valence-electron chi connectivity index (χ2n) is 6.56. The third kappa shape index (κ3) is 3.36. The van der Waals surface area contributed by atoms with Gasteiger partial charge in [-0.2, -0.15) is 0 Å². The van der Waals surface area contributed by atoms with E-state index in [0.29, 0.717) is 23.6 Å². The van der Waals surface area contributed by atoms with Crippen LogP contribution in [0.3, 0.4) is 0 Å². The summed E-state index contributed by atoms with van der Waals surface area (Å²) < 4.78 is 22.0. The Morgan fingerprint density at radius 1 is 1.11 bits per heavy atom. The molecule has 0 saturated heterocycles. The molecule has 0 aliphatic carbocycles. The number of carbonyl (C=O) groups is 1. The minimum Gasteiger partial charge on any atom is -0.481 e. The molecule has 0 aliphatic rings. The number of aromatic nitrogens is 1. The van der Waals surface area contributed by atoms with E-state index in [2.05, 4.69) is 0 Å². The summed E-state index contributed by atoms with van der Waals surface area (Å²) >= 11 is 0. The van der Waals surface area contributed by atoms with Crippen LogP contribution in [-0.4, -0.2) is 15.6 Å². The molecule has 1 N–H and O–H groups in total. The molecule has 0 aliphatic heterocycles. The number of benzene rings is 3. The number of halogens is 1. The average Bonchev–Trinajstić information content (AvgIpc) is 2.96. The van der Waals surface area contributed by atoms with Crippen LogP contribution < -0.4 is 4.74 Å². The number of fused-ring (bicyclic) bond motifs is 2. The predicted molar refractivity (Wildman–Crippen MR) is 103 cm³/mol. The monoisotopic (exact) mass is 363 g/mol. The minimum atomic E-state index is -0.881. The minimum absolute atomic E-state index is 0.0178. The molecule has 27 heavy (non-hydrogen) atoms. The lowest BCUT2D eigenvalue weighted by atomic mass is 10.1. The molecule has 4 aromatic rings. The van der Waals surface area contributed by atoms with Gasteiger partial charge in [-0.1, -0.05) is 30.3 Å². The molecule has 3 aromatic carbocycles. The molecular weight excluding hydrogens is 345 g/mol. The van der Waals surface area contributed by atoms with Gasteiger partial charge < -0.3 is 14.4 Å². The molecule has 4 rings (SSSR count). The maximum Gasteiger partial charge on any atom is 0.305 e. The maximum absolute atomic E-state index is 14.2. The van der Waals surface area contributed by atoms with E-state index >= 15 is 0 Å². The van der Waals surface area contributed by atoms with Crippen LogP contribution in [0.5, 0.6) is 11.5 Å². The molecule has 0 saturated carbocycles. The van der Waals surface area contributed by atoms with Crippen molar-refractivity contribution in [2.75, 3.05) is 0 Å². The van der Waals surface area contributed by atoms with Crippen LogP contribution in [0.4, 0.5) is 4.39 Å². The van der Waals surface area contributed by atoms with Crippen LogP contribution in [0.2, 0.25) is 0 Å². The van der Waals surface area contributed by atoms with Gasteiger partial charge in [-0.3, -0.25) is 4.79 Å². The van der Waals surface area contributed by atoms with Crippen LogP contribution >= 0.6 is 0 Å². The van der Waals surface area contributed by atoms with Crippen molar-refractivity contribution in [1.29, 1.82) is 0 Å². The summed E-state index contributed by atoms with van der Waals surface area (Å²) in [5.41, 5.74) is 1.57. The Morgan fingerprint density at radius 2 is 1.89 bits per heavy atom.